The van der Waals surface area contributed by atoms with Crippen molar-refractivity contribution in [1.82, 2.24) is 4.90 Å². The molecule has 0 atom stereocenters. The van der Waals surface area contributed by atoms with Gasteiger partial charge in [0.2, 0.25) is 5.91 Å². The third-order valence-electron chi connectivity index (χ3n) is 3.77. The van der Waals surface area contributed by atoms with Crippen LogP contribution in [0.2, 0.25) is 0 Å². The molecule has 2 amide bonds. The lowest BCUT2D eigenvalue weighted by Gasteiger charge is -2.12. The first-order valence-corrected chi connectivity index (χ1v) is 8.50. The Labute approximate surface area is 163 Å². The fourth-order valence-electron chi connectivity index (χ4n) is 2.17. The minimum absolute atomic E-state index is 0.167. The van der Waals surface area contributed by atoms with Gasteiger partial charge in [0.25, 0.3) is 5.91 Å². The van der Waals surface area contributed by atoms with E-state index in [2.05, 4.69) is 5.32 Å². The third kappa shape index (κ3) is 5.98. The molecule has 0 heterocycles. The fourth-order valence-corrected chi connectivity index (χ4v) is 2.17. The number of carbonyl (C=O) groups excluding carboxylic acids is 3. The fraction of sp³-hybridized carbons (Fsp3) is 0.190. The summed E-state index contributed by atoms with van der Waals surface area (Å²) in [6.07, 6.45) is 3.00. The number of nitrogens with one attached hydrogen (secondary N) is 1. The van der Waals surface area contributed by atoms with Crippen molar-refractivity contribution >= 4 is 29.5 Å². The van der Waals surface area contributed by atoms with Crippen LogP contribution in [0.4, 0.5) is 5.69 Å². The maximum atomic E-state index is 12.2. The Hall–Kier alpha value is -3.61. The summed E-state index contributed by atoms with van der Waals surface area (Å²) in [7, 11) is 4.72. The number of anilines is 1. The molecule has 0 aliphatic rings. The van der Waals surface area contributed by atoms with E-state index >= 15 is 0 Å². The topological polar surface area (TPSA) is 84.9 Å². The van der Waals surface area contributed by atoms with Crippen molar-refractivity contribution in [2.24, 2.45) is 0 Å². The number of hydrogen-bond acceptors (Lipinski definition) is 5. The van der Waals surface area contributed by atoms with Gasteiger partial charge in [-0.15, -0.1) is 0 Å². The smallest absolute Gasteiger partial charge is 0.340 e. The first-order chi connectivity index (χ1) is 13.4. The lowest BCUT2D eigenvalue weighted by molar-refractivity contribution is -0.132. The van der Waals surface area contributed by atoms with Gasteiger partial charge in [-0.05, 0) is 35.9 Å². The standard InChI is InChI=1S/C21H22N2O5/c1-23(2)20(25)14-28-21(26)17-6-4-5-7-18(17)22-19(24)13-10-15-8-11-16(27-3)12-9-15/h4-13H,14H2,1-3H3,(H,22,24)/b13-10+. The molecular weight excluding hydrogens is 360 g/mol. The molecule has 2 aromatic carbocycles. The number of amides is 2. The van der Waals surface area contributed by atoms with E-state index in [-0.39, 0.29) is 18.1 Å². The van der Waals surface area contributed by atoms with Gasteiger partial charge in [-0.1, -0.05) is 24.3 Å². The molecule has 0 saturated heterocycles. The highest BCUT2D eigenvalue weighted by molar-refractivity contribution is 6.06. The molecule has 0 radical (unpaired) electrons. The third-order valence-corrected chi connectivity index (χ3v) is 3.77. The maximum Gasteiger partial charge on any atom is 0.340 e. The monoisotopic (exact) mass is 382 g/mol. The first-order valence-electron chi connectivity index (χ1n) is 8.50. The zero-order valence-electron chi connectivity index (χ0n) is 16.0. The van der Waals surface area contributed by atoms with Crippen molar-refractivity contribution in [3.63, 3.8) is 0 Å². The lowest BCUT2D eigenvalue weighted by Crippen LogP contribution is -2.27. The number of carbonyl (C=O) groups is 3. The van der Waals surface area contributed by atoms with Crippen LogP contribution in [0.25, 0.3) is 6.08 Å². The molecule has 1 N–H and O–H groups in total. The van der Waals surface area contributed by atoms with E-state index in [1.54, 1.807) is 57.6 Å². The van der Waals surface area contributed by atoms with Gasteiger partial charge < -0.3 is 19.7 Å². The zero-order chi connectivity index (χ0) is 20.5. The average Bonchev–Trinajstić information content (AvgIpc) is 2.70. The maximum absolute atomic E-state index is 12.2. The SMILES string of the molecule is COc1ccc(/C=C/C(=O)Nc2ccccc2C(=O)OCC(=O)N(C)C)cc1. The number of rotatable bonds is 7. The van der Waals surface area contributed by atoms with Crippen LogP contribution in [-0.4, -0.2) is 50.5 Å². The van der Waals surface area contributed by atoms with Crippen LogP contribution in [0.5, 0.6) is 5.75 Å². The second kappa shape index (κ2) is 9.91. The summed E-state index contributed by atoms with van der Waals surface area (Å²) in [5.41, 5.74) is 1.29. The number of hydrogen-bond donors (Lipinski definition) is 1. The van der Waals surface area contributed by atoms with Crippen molar-refractivity contribution in [3.8, 4) is 5.75 Å². The quantitative estimate of drug-likeness (QED) is 0.588. The molecule has 0 aliphatic heterocycles. The van der Waals surface area contributed by atoms with E-state index in [1.165, 1.54) is 17.0 Å². The molecule has 2 rings (SSSR count). The Bertz CT molecular complexity index is 873. The summed E-state index contributed by atoms with van der Waals surface area (Å²) < 4.78 is 10.1. The van der Waals surface area contributed by atoms with Gasteiger partial charge in [0.05, 0.1) is 18.4 Å². The summed E-state index contributed by atoms with van der Waals surface area (Å²) in [5, 5.41) is 2.65. The van der Waals surface area contributed by atoms with Crippen molar-refractivity contribution in [3.05, 3.63) is 65.7 Å². The highest BCUT2D eigenvalue weighted by Crippen LogP contribution is 2.17. The molecular formula is C21H22N2O5. The summed E-state index contributed by atoms with van der Waals surface area (Å²) in [4.78, 5) is 37.3. The van der Waals surface area contributed by atoms with Crippen LogP contribution in [0.3, 0.4) is 0 Å². The predicted molar refractivity (Wildman–Crippen MR) is 106 cm³/mol. The van der Waals surface area contributed by atoms with Crippen LogP contribution >= 0.6 is 0 Å². The Balaban J connectivity index is 2.03. The second-order valence-electron chi connectivity index (χ2n) is 6.01. The minimum atomic E-state index is -0.690. The van der Waals surface area contributed by atoms with E-state index in [4.69, 9.17) is 9.47 Å². The average molecular weight is 382 g/mol. The van der Waals surface area contributed by atoms with Crippen molar-refractivity contribution in [2.45, 2.75) is 0 Å². The minimum Gasteiger partial charge on any atom is -0.497 e. The summed E-state index contributed by atoms with van der Waals surface area (Å²) in [6.45, 7) is -0.370. The lowest BCUT2D eigenvalue weighted by atomic mass is 10.1. The Kier molecular flexibility index (Phi) is 7.33. The van der Waals surface area contributed by atoms with Gasteiger partial charge in [0, 0.05) is 20.2 Å². The molecule has 0 aromatic heterocycles. The Morgan fingerprint density at radius 1 is 1.04 bits per heavy atom. The normalized spacial score (nSPS) is 10.4. The molecule has 28 heavy (non-hydrogen) atoms. The zero-order valence-corrected chi connectivity index (χ0v) is 16.0. The first kappa shape index (κ1) is 20.7. The number of para-hydroxylation sites is 1. The molecule has 0 spiro atoms. The van der Waals surface area contributed by atoms with Gasteiger partial charge in [-0.2, -0.15) is 0 Å². The van der Waals surface area contributed by atoms with Crippen LogP contribution in [0.1, 0.15) is 15.9 Å². The van der Waals surface area contributed by atoms with E-state index in [1.807, 2.05) is 12.1 Å². The van der Waals surface area contributed by atoms with Gasteiger partial charge in [-0.25, -0.2) is 4.79 Å². The molecule has 7 heteroatoms. The molecule has 0 fully saturated rings. The Morgan fingerprint density at radius 2 is 1.71 bits per heavy atom. The van der Waals surface area contributed by atoms with Crippen molar-refractivity contribution < 1.29 is 23.9 Å². The van der Waals surface area contributed by atoms with Gasteiger partial charge >= 0.3 is 5.97 Å². The summed E-state index contributed by atoms with van der Waals surface area (Å²) >= 11 is 0. The summed E-state index contributed by atoms with van der Waals surface area (Å²) in [6, 6.07) is 13.6. The van der Waals surface area contributed by atoms with Gasteiger partial charge in [0.1, 0.15) is 5.75 Å². The van der Waals surface area contributed by atoms with Gasteiger partial charge in [-0.3, -0.25) is 9.59 Å². The number of ether oxygens (including phenoxy) is 2. The number of esters is 1. The van der Waals surface area contributed by atoms with Gasteiger partial charge in [0.15, 0.2) is 6.61 Å². The molecule has 0 unspecified atom stereocenters. The molecule has 0 aliphatic carbocycles. The largest absolute Gasteiger partial charge is 0.497 e. The van der Waals surface area contributed by atoms with E-state index in [0.29, 0.717) is 5.69 Å². The van der Waals surface area contributed by atoms with Crippen LogP contribution in [-0.2, 0) is 14.3 Å². The van der Waals surface area contributed by atoms with Crippen LogP contribution < -0.4 is 10.1 Å². The molecule has 7 nitrogen and oxygen atoms in total. The van der Waals surface area contributed by atoms with E-state index in [9.17, 15) is 14.4 Å². The Morgan fingerprint density at radius 3 is 2.36 bits per heavy atom. The van der Waals surface area contributed by atoms with Crippen molar-refractivity contribution in [2.75, 3.05) is 33.1 Å². The molecule has 0 saturated carbocycles. The predicted octanol–water partition coefficient (Wildman–Crippen LogP) is 2.59. The van der Waals surface area contributed by atoms with Crippen LogP contribution in [0.15, 0.2) is 54.6 Å². The number of benzene rings is 2. The molecule has 2 aromatic rings. The second-order valence-corrected chi connectivity index (χ2v) is 6.01. The van der Waals surface area contributed by atoms with E-state index in [0.717, 1.165) is 11.3 Å². The number of methoxy groups -OCH3 is 1. The highest BCUT2D eigenvalue weighted by atomic mass is 16.5. The van der Waals surface area contributed by atoms with E-state index < -0.39 is 11.9 Å². The molecule has 0 bridgehead atoms. The van der Waals surface area contributed by atoms with Crippen LogP contribution in [0, 0.1) is 0 Å². The number of likely N-dealkylation sites (N-methyl/N-ethyl adjacent to an activating group) is 1. The molecule has 146 valence electrons. The highest BCUT2D eigenvalue weighted by Gasteiger charge is 2.15. The van der Waals surface area contributed by atoms with Crippen molar-refractivity contribution in [1.29, 1.82) is 0 Å². The summed E-state index contributed by atoms with van der Waals surface area (Å²) in [5.74, 6) is -0.704. The number of nitrogens with zero attached hydrogens (tertiary/aromatic N) is 1.